The van der Waals surface area contributed by atoms with E-state index in [9.17, 15) is 0 Å². The molecule has 0 spiro atoms. The van der Waals surface area contributed by atoms with Gasteiger partial charge in [-0.05, 0) is 36.4 Å². The highest BCUT2D eigenvalue weighted by molar-refractivity contribution is 9.10. The number of hydrogen-bond acceptors (Lipinski definition) is 2. The fourth-order valence-electron chi connectivity index (χ4n) is 1.90. The Bertz CT molecular complexity index is 743. The second-order valence-corrected chi connectivity index (χ2v) is 5.77. The summed E-state index contributed by atoms with van der Waals surface area (Å²) in [7, 11) is 0. The first-order valence-corrected chi connectivity index (χ1v) is 7.57. The van der Waals surface area contributed by atoms with Crippen molar-refractivity contribution in [1.82, 2.24) is 9.78 Å². The van der Waals surface area contributed by atoms with Gasteiger partial charge in [0.15, 0.2) is 0 Å². The molecule has 106 valence electrons. The topological polar surface area (TPSA) is 27.1 Å². The predicted molar refractivity (Wildman–Crippen MR) is 87.0 cm³/mol. The largest absolute Gasteiger partial charge is 0.486 e. The van der Waals surface area contributed by atoms with Crippen LogP contribution in [0.25, 0.3) is 5.69 Å². The molecule has 0 aliphatic rings. The zero-order chi connectivity index (χ0) is 14.7. The minimum atomic E-state index is 0.371. The molecule has 3 rings (SSSR count). The molecule has 0 fully saturated rings. The van der Waals surface area contributed by atoms with E-state index in [1.165, 1.54) is 0 Å². The predicted octanol–water partition coefficient (Wildman–Crippen LogP) is 4.87. The van der Waals surface area contributed by atoms with Gasteiger partial charge in [-0.1, -0.05) is 45.7 Å². The quantitative estimate of drug-likeness (QED) is 0.661. The molecule has 0 N–H and O–H groups in total. The van der Waals surface area contributed by atoms with E-state index in [-0.39, 0.29) is 0 Å². The average molecular weight is 364 g/mol. The Balaban J connectivity index is 1.72. The van der Waals surface area contributed by atoms with Crippen LogP contribution in [0.4, 0.5) is 0 Å². The summed E-state index contributed by atoms with van der Waals surface area (Å²) >= 11 is 9.49. The van der Waals surface area contributed by atoms with Gasteiger partial charge in [-0.3, -0.25) is 0 Å². The smallest absolute Gasteiger partial charge is 0.139 e. The van der Waals surface area contributed by atoms with Crippen LogP contribution in [0.15, 0.2) is 65.3 Å². The molecule has 1 aromatic heterocycles. The zero-order valence-corrected chi connectivity index (χ0v) is 13.4. The Morgan fingerprint density at radius 2 is 1.90 bits per heavy atom. The van der Waals surface area contributed by atoms with Crippen molar-refractivity contribution in [2.24, 2.45) is 0 Å². The summed E-state index contributed by atoms with van der Waals surface area (Å²) in [5.41, 5.74) is 1.86. The summed E-state index contributed by atoms with van der Waals surface area (Å²) in [6.45, 7) is 0.371. The molecule has 0 radical (unpaired) electrons. The molecule has 0 saturated carbocycles. The van der Waals surface area contributed by atoms with Crippen LogP contribution in [0.5, 0.6) is 5.75 Å². The minimum absolute atomic E-state index is 0.371. The van der Waals surface area contributed by atoms with Crippen LogP contribution in [0.1, 0.15) is 5.69 Å². The number of nitrogens with zero attached hydrogens (tertiary/aromatic N) is 2. The lowest BCUT2D eigenvalue weighted by Crippen LogP contribution is -1.99. The van der Waals surface area contributed by atoms with Gasteiger partial charge in [0.05, 0.1) is 10.7 Å². The van der Waals surface area contributed by atoms with Gasteiger partial charge in [-0.25, -0.2) is 4.68 Å². The molecule has 0 aliphatic carbocycles. The van der Waals surface area contributed by atoms with Crippen LogP contribution in [0.3, 0.4) is 0 Å². The maximum Gasteiger partial charge on any atom is 0.139 e. The summed E-state index contributed by atoms with van der Waals surface area (Å²) in [4.78, 5) is 0. The van der Waals surface area contributed by atoms with Crippen molar-refractivity contribution in [2.45, 2.75) is 6.61 Å². The summed E-state index contributed by atoms with van der Waals surface area (Å²) in [6.07, 6.45) is 1.91. The molecule has 5 heteroatoms. The number of halogens is 2. The summed E-state index contributed by atoms with van der Waals surface area (Å²) in [5.74, 6) is 0.639. The molecule has 21 heavy (non-hydrogen) atoms. The number of rotatable bonds is 4. The maximum absolute atomic E-state index is 6.09. The van der Waals surface area contributed by atoms with Crippen molar-refractivity contribution < 1.29 is 4.74 Å². The number of para-hydroxylation sites is 1. The molecule has 0 unspecified atom stereocenters. The number of aromatic nitrogens is 2. The van der Waals surface area contributed by atoms with E-state index in [1.807, 2.05) is 59.4 Å². The van der Waals surface area contributed by atoms with Gasteiger partial charge < -0.3 is 4.74 Å². The fraction of sp³-hybridized carbons (Fsp3) is 0.0625. The van der Waals surface area contributed by atoms with Crippen molar-refractivity contribution in [3.05, 3.63) is 76.0 Å². The third-order valence-electron chi connectivity index (χ3n) is 2.93. The Morgan fingerprint density at radius 3 is 2.71 bits per heavy atom. The molecule has 0 aliphatic heterocycles. The highest BCUT2D eigenvalue weighted by Gasteiger charge is 2.05. The lowest BCUT2D eigenvalue weighted by Gasteiger charge is -2.07. The zero-order valence-electron chi connectivity index (χ0n) is 11.0. The van der Waals surface area contributed by atoms with Gasteiger partial charge in [0.25, 0.3) is 0 Å². The first kappa shape index (κ1) is 14.2. The van der Waals surface area contributed by atoms with Crippen LogP contribution in [-0.4, -0.2) is 9.78 Å². The van der Waals surface area contributed by atoms with E-state index in [2.05, 4.69) is 21.0 Å². The van der Waals surface area contributed by atoms with E-state index in [0.29, 0.717) is 17.4 Å². The Labute approximate surface area is 136 Å². The lowest BCUT2D eigenvalue weighted by atomic mass is 10.3. The van der Waals surface area contributed by atoms with Gasteiger partial charge in [0.1, 0.15) is 18.1 Å². The van der Waals surface area contributed by atoms with E-state index in [1.54, 1.807) is 6.07 Å². The SMILES string of the molecule is Clc1ccc(Br)cc1OCc1ccn(-c2ccccc2)n1. The summed E-state index contributed by atoms with van der Waals surface area (Å²) in [5, 5.41) is 5.07. The van der Waals surface area contributed by atoms with Crippen molar-refractivity contribution in [3.8, 4) is 11.4 Å². The van der Waals surface area contributed by atoms with Crippen LogP contribution < -0.4 is 4.74 Å². The average Bonchev–Trinajstić information content (AvgIpc) is 2.98. The molecule has 0 bridgehead atoms. The fourth-order valence-corrected chi connectivity index (χ4v) is 2.41. The van der Waals surface area contributed by atoms with Gasteiger partial charge in [-0.2, -0.15) is 5.10 Å². The molecular formula is C16H12BrClN2O. The molecule has 1 heterocycles. The lowest BCUT2D eigenvalue weighted by molar-refractivity contribution is 0.300. The van der Waals surface area contributed by atoms with Crippen LogP contribution in [-0.2, 0) is 6.61 Å². The Morgan fingerprint density at radius 1 is 1.10 bits per heavy atom. The minimum Gasteiger partial charge on any atom is -0.486 e. The maximum atomic E-state index is 6.09. The standard InChI is InChI=1S/C16H12BrClN2O/c17-12-6-7-15(18)16(10-12)21-11-13-8-9-20(19-13)14-4-2-1-3-5-14/h1-10H,11H2. The first-order chi connectivity index (χ1) is 10.2. The molecule has 3 nitrogen and oxygen atoms in total. The van der Waals surface area contributed by atoms with E-state index in [0.717, 1.165) is 15.9 Å². The highest BCUT2D eigenvalue weighted by Crippen LogP contribution is 2.28. The number of ether oxygens (including phenoxy) is 1. The van der Waals surface area contributed by atoms with Crippen LogP contribution >= 0.6 is 27.5 Å². The molecule has 3 aromatic rings. The van der Waals surface area contributed by atoms with Crippen molar-refractivity contribution >= 4 is 27.5 Å². The molecular weight excluding hydrogens is 352 g/mol. The highest BCUT2D eigenvalue weighted by atomic mass is 79.9. The molecule has 0 saturated heterocycles. The van der Waals surface area contributed by atoms with Gasteiger partial charge >= 0.3 is 0 Å². The van der Waals surface area contributed by atoms with Gasteiger partial charge in [-0.15, -0.1) is 0 Å². The molecule has 2 aromatic carbocycles. The van der Waals surface area contributed by atoms with E-state index < -0.39 is 0 Å². The Kier molecular flexibility index (Phi) is 4.27. The second-order valence-electron chi connectivity index (χ2n) is 4.45. The van der Waals surface area contributed by atoms with Gasteiger partial charge in [0.2, 0.25) is 0 Å². The normalized spacial score (nSPS) is 10.6. The van der Waals surface area contributed by atoms with Crippen LogP contribution in [0, 0.1) is 0 Å². The summed E-state index contributed by atoms with van der Waals surface area (Å²) < 4.78 is 8.46. The number of hydrogen-bond donors (Lipinski definition) is 0. The van der Waals surface area contributed by atoms with E-state index in [4.69, 9.17) is 16.3 Å². The van der Waals surface area contributed by atoms with E-state index >= 15 is 0 Å². The Hall–Kier alpha value is -1.78. The van der Waals surface area contributed by atoms with Crippen molar-refractivity contribution in [2.75, 3.05) is 0 Å². The molecule has 0 amide bonds. The third kappa shape index (κ3) is 3.46. The van der Waals surface area contributed by atoms with Crippen molar-refractivity contribution in [3.63, 3.8) is 0 Å². The second kappa shape index (κ2) is 6.33. The van der Waals surface area contributed by atoms with Crippen molar-refractivity contribution in [1.29, 1.82) is 0 Å². The summed E-state index contributed by atoms with van der Waals surface area (Å²) in [6, 6.07) is 17.4. The first-order valence-electron chi connectivity index (χ1n) is 6.40. The number of benzene rings is 2. The van der Waals surface area contributed by atoms with Crippen LogP contribution in [0.2, 0.25) is 5.02 Å². The monoisotopic (exact) mass is 362 g/mol. The van der Waals surface area contributed by atoms with Gasteiger partial charge in [0, 0.05) is 10.7 Å². The third-order valence-corrected chi connectivity index (χ3v) is 3.74. The molecule has 0 atom stereocenters.